The molecule has 5 nitrogen and oxygen atoms in total. The Morgan fingerprint density at radius 2 is 1.58 bits per heavy atom. The van der Waals surface area contributed by atoms with Gasteiger partial charge in [0.25, 0.3) is 5.91 Å². The van der Waals surface area contributed by atoms with Crippen molar-refractivity contribution < 1.29 is 9.53 Å². The standard InChI is InChI=1S/C21H21N3O2/c1-3-26-19-11-8-16(9-12-19)23-18-10-13-20(22-14-18)21(25)24-17-6-4-15(2)5-7-17/h4-14,23H,3H2,1-2H3,(H,24,25). The fourth-order valence-electron chi connectivity index (χ4n) is 2.40. The summed E-state index contributed by atoms with van der Waals surface area (Å²) >= 11 is 0. The normalized spacial score (nSPS) is 10.2. The predicted molar refractivity (Wildman–Crippen MR) is 104 cm³/mol. The second-order valence-corrected chi connectivity index (χ2v) is 5.83. The highest BCUT2D eigenvalue weighted by Gasteiger charge is 2.07. The van der Waals surface area contributed by atoms with Gasteiger partial charge in [0.1, 0.15) is 11.4 Å². The van der Waals surface area contributed by atoms with Gasteiger partial charge in [-0.3, -0.25) is 4.79 Å². The molecule has 0 aliphatic carbocycles. The minimum atomic E-state index is -0.235. The van der Waals surface area contributed by atoms with Crippen LogP contribution in [-0.2, 0) is 0 Å². The zero-order chi connectivity index (χ0) is 18.4. The smallest absolute Gasteiger partial charge is 0.274 e. The second kappa shape index (κ2) is 8.16. The third kappa shape index (κ3) is 4.60. The number of hydrogen-bond donors (Lipinski definition) is 2. The molecule has 0 atom stereocenters. The first-order valence-corrected chi connectivity index (χ1v) is 8.48. The van der Waals surface area contributed by atoms with Gasteiger partial charge in [0.15, 0.2) is 0 Å². The highest BCUT2D eigenvalue weighted by Crippen LogP contribution is 2.20. The van der Waals surface area contributed by atoms with Gasteiger partial charge in [0.05, 0.1) is 18.5 Å². The van der Waals surface area contributed by atoms with Crippen molar-refractivity contribution in [2.24, 2.45) is 0 Å². The van der Waals surface area contributed by atoms with E-state index < -0.39 is 0 Å². The lowest BCUT2D eigenvalue weighted by atomic mass is 10.2. The van der Waals surface area contributed by atoms with Crippen molar-refractivity contribution in [3.8, 4) is 5.75 Å². The topological polar surface area (TPSA) is 63.2 Å². The minimum Gasteiger partial charge on any atom is -0.494 e. The average molecular weight is 347 g/mol. The molecule has 2 aromatic carbocycles. The van der Waals surface area contributed by atoms with Gasteiger partial charge in [-0.2, -0.15) is 0 Å². The number of amides is 1. The van der Waals surface area contributed by atoms with Crippen LogP contribution in [0.2, 0.25) is 0 Å². The second-order valence-electron chi connectivity index (χ2n) is 5.83. The molecule has 0 aliphatic rings. The maximum atomic E-state index is 12.3. The van der Waals surface area contributed by atoms with Gasteiger partial charge in [-0.25, -0.2) is 4.98 Å². The van der Waals surface area contributed by atoms with E-state index in [2.05, 4.69) is 15.6 Å². The van der Waals surface area contributed by atoms with Crippen molar-refractivity contribution in [2.75, 3.05) is 17.2 Å². The summed E-state index contributed by atoms with van der Waals surface area (Å²) in [6.45, 7) is 4.60. The first kappa shape index (κ1) is 17.5. The Hall–Kier alpha value is -3.34. The summed E-state index contributed by atoms with van der Waals surface area (Å²) in [5.74, 6) is 0.598. The van der Waals surface area contributed by atoms with Crippen molar-refractivity contribution in [1.29, 1.82) is 0 Å². The Kier molecular flexibility index (Phi) is 5.49. The molecule has 26 heavy (non-hydrogen) atoms. The van der Waals surface area contributed by atoms with Gasteiger partial charge in [0, 0.05) is 11.4 Å². The summed E-state index contributed by atoms with van der Waals surface area (Å²) in [6, 6.07) is 18.8. The molecule has 0 spiro atoms. The van der Waals surface area contributed by atoms with Crippen molar-refractivity contribution in [3.63, 3.8) is 0 Å². The van der Waals surface area contributed by atoms with Crippen LogP contribution in [0.15, 0.2) is 66.9 Å². The zero-order valence-corrected chi connectivity index (χ0v) is 14.8. The van der Waals surface area contributed by atoms with E-state index in [1.807, 2.05) is 68.4 Å². The van der Waals surface area contributed by atoms with E-state index in [1.165, 1.54) is 0 Å². The van der Waals surface area contributed by atoms with Crippen molar-refractivity contribution in [1.82, 2.24) is 4.98 Å². The number of pyridine rings is 1. The van der Waals surface area contributed by atoms with Crippen LogP contribution in [0.3, 0.4) is 0 Å². The van der Waals surface area contributed by atoms with Crippen LogP contribution in [0.1, 0.15) is 23.0 Å². The van der Waals surface area contributed by atoms with E-state index >= 15 is 0 Å². The number of anilines is 3. The van der Waals surface area contributed by atoms with Gasteiger partial charge in [-0.1, -0.05) is 17.7 Å². The summed E-state index contributed by atoms with van der Waals surface area (Å²) in [4.78, 5) is 16.5. The largest absolute Gasteiger partial charge is 0.494 e. The Labute approximate surface area is 153 Å². The Morgan fingerprint density at radius 1 is 0.923 bits per heavy atom. The molecule has 5 heteroatoms. The molecule has 0 saturated carbocycles. The van der Waals surface area contributed by atoms with Gasteiger partial charge in [0.2, 0.25) is 0 Å². The van der Waals surface area contributed by atoms with Crippen LogP contribution in [0.5, 0.6) is 5.75 Å². The fraction of sp³-hybridized carbons (Fsp3) is 0.143. The van der Waals surface area contributed by atoms with E-state index in [0.717, 1.165) is 28.4 Å². The molecule has 0 radical (unpaired) electrons. The van der Waals surface area contributed by atoms with E-state index in [1.54, 1.807) is 12.3 Å². The van der Waals surface area contributed by atoms with E-state index in [-0.39, 0.29) is 5.91 Å². The number of carbonyl (C=O) groups is 1. The SMILES string of the molecule is CCOc1ccc(Nc2ccc(C(=O)Nc3ccc(C)cc3)nc2)cc1. The maximum absolute atomic E-state index is 12.3. The number of hydrogen-bond acceptors (Lipinski definition) is 4. The third-order valence-corrected chi connectivity index (χ3v) is 3.76. The predicted octanol–water partition coefficient (Wildman–Crippen LogP) is 4.78. The lowest BCUT2D eigenvalue weighted by molar-refractivity contribution is 0.102. The highest BCUT2D eigenvalue weighted by molar-refractivity contribution is 6.02. The fourth-order valence-corrected chi connectivity index (χ4v) is 2.40. The van der Waals surface area contributed by atoms with Crippen molar-refractivity contribution in [2.45, 2.75) is 13.8 Å². The lowest BCUT2D eigenvalue weighted by Crippen LogP contribution is -2.13. The number of ether oxygens (including phenoxy) is 1. The van der Waals surface area contributed by atoms with Gasteiger partial charge in [-0.05, 0) is 62.4 Å². The van der Waals surface area contributed by atoms with Crippen LogP contribution >= 0.6 is 0 Å². The number of rotatable bonds is 6. The van der Waals surface area contributed by atoms with Crippen LogP contribution in [0.25, 0.3) is 0 Å². The van der Waals surface area contributed by atoms with Crippen molar-refractivity contribution in [3.05, 3.63) is 78.1 Å². The Bertz CT molecular complexity index is 857. The number of aryl methyl sites for hydroxylation is 1. The van der Waals surface area contributed by atoms with Crippen molar-refractivity contribution >= 4 is 23.0 Å². The summed E-state index contributed by atoms with van der Waals surface area (Å²) < 4.78 is 5.42. The summed E-state index contributed by atoms with van der Waals surface area (Å²) in [5.41, 5.74) is 3.99. The molecule has 3 aromatic rings. The third-order valence-electron chi connectivity index (χ3n) is 3.76. The molecule has 0 fully saturated rings. The molecule has 1 amide bonds. The molecule has 0 bridgehead atoms. The van der Waals surface area contributed by atoms with Gasteiger partial charge >= 0.3 is 0 Å². The van der Waals surface area contributed by atoms with E-state index in [0.29, 0.717) is 12.3 Å². The number of carbonyl (C=O) groups excluding carboxylic acids is 1. The molecular weight excluding hydrogens is 326 g/mol. The quantitative estimate of drug-likeness (QED) is 0.673. The summed E-state index contributed by atoms with van der Waals surface area (Å²) in [7, 11) is 0. The number of benzene rings is 2. The molecule has 2 N–H and O–H groups in total. The van der Waals surface area contributed by atoms with Crippen LogP contribution in [-0.4, -0.2) is 17.5 Å². The molecule has 0 aliphatic heterocycles. The monoisotopic (exact) mass is 347 g/mol. The van der Waals surface area contributed by atoms with E-state index in [9.17, 15) is 4.79 Å². The van der Waals surface area contributed by atoms with E-state index in [4.69, 9.17) is 4.74 Å². The molecule has 3 rings (SSSR count). The summed E-state index contributed by atoms with van der Waals surface area (Å²) in [6.07, 6.45) is 1.64. The molecule has 0 saturated heterocycles. The Balaban J connectivity index is 1.62. The average Bonchev–Trinajstić information content (AvgIpc) is 2.66. The Morgan fingerprint density at radius 3 is 2.19 bits per heavy atom. The molecule has 132 valence electrons. The van der Waals surface area contributed by atoms with Crippen LogP contribution in [0.4, 0.5) is 17.1 Å². The lowest BCUT2D eigenvalue weighted by Gasteiger charge is -2.09. The van der Waals surface area contributed by atoms with Gasteiger partial charge < -0.3 is 15.4 Å². The first-order chi connectivity index (χ1) is 12.6. The number of nitrogens with one attached hydrogen (secondary N) is 2. The van der Waals surface area contributed by atoms with Crippen LogP contribution in [0, 0.1) is 6.92 Å². The molecule has 1 aromatic heterocycles. The highest BCUT2D eigenvalue weighted by atomic mass is 16.5. The number of aromatic nitrogens is 1. The molecule has 1 heterocycles. The zero-order valence-electron chi connectivity index (χ0n) is 14.8. The van der Waals surface area contributed by atoms with Crippen LogP contribution < -0.4 is 15.4 Å². The molecular formula is C21H21N3O2. The number of nitrogens with zero attached hydrogens (tertiary/aromatic N) is 1. The maximum Gasteiger partial charge on any atom is 0.274 e. The van der Waals surface area contributed by atoms with Gasteiger partial charge in [-0.15, -0.1) is 0 Å². The minimum absolute atomic E-state index is 0.235. The summed E-state index contributed by atoms with van der Waals surface area (Å²) in [5, 5.41) is 6.08. The molecule has 0 unspecified atom stereocenters. The first-order valence-electron chi connectivity index (χ1n) is 8.48.